The number of rotatable bonds is 5. The monoisotopic (exact) mass is 297 g/mol. The highest BCUT2D eigenvalue weighted by Crippen LogP contribution is 2.43. The van der Waals surface area contributed by atoms with E-state index in [0.29, 0.717) is 11.7 Å². The predicted octanol–water partition coefficient (Wildman–Crippen LogP) is 2.53. The molecule has 1 aromatic heterocycles. The summed E-state index contributed by atoms with van der Waals surface area (Å²) < 4.78 is 0. The number of thiazole rings is 1. The summed E-state index contributed by atoms with van der Waals surface area (Å²) >= 11 is 1.43. The number of anilines is 1. The smallest absolute Gasteiger partial charge is 0.321 e. The second-order valence-electron chi connectivity index (χ2n) is 5.39. The summed E-state index contributed by atoms with van der Waals surface area (Å²) in [7, 11) is 0. The molecule has 1 aliphatic carbocycles. The first-order valence-corrected chi connectivity index (χ1v) is 7.43. The zero-order valence-corrected chi connectivity index (χ0v) is 12.5. The second-order valence-corrected chi connectivity index (χ2v) is 6.60. The number of nitrogens with zero attached hydrogens (tertiary/aromatic N) is 1. The fourth-order valence-electron chi connectivity index (χ4n) is 2.35. The van der Waals surface area contributed by atoms with Gasteiger partial charge in [-0.1, -0.05) is 6.42 Å². The number of nitrogens with one attached hydrogen (secondary N) is 2. The van der Waals surface area contributed by atoms with Crippen LogP contribution in [0.5, 0.6) is 0 Å². The molecule has 0 aromatic carbocycles. The first-order chi connectivity index (χ1) is 9.40. The van der Waals surface area contributed by atoms with Gasteiger partial charge in [0.25, 0.3) is 0 Å². The van der Waals surface area contributed by atoms with Crippen LogP contribution in [0.4, 0.5) is 9.93 Å². The molecule has 0 aliphatic heterocycles. The van der Waals surface area contributed by atoms with E-state index < -0.39 is 5.97 Å². The maximum atomic E-state index is 11.8. The van der Waals surface area contributed by atoms with E-state index >= 15 is 0 Å². The molecule has 0 atom stereocenters. The summed E-state index contributed by atoms with van der Waals surface area (Å²) in [5.41, 5.74) is 0.643. The molecule has 20 heavy (non-hydrogen) atoms. The van der Waals surface area contributed by atoms with Gasteiger partial charge in [-0.3, -0.25) is 10.1 Å². The van der Waals surface area contributed by atoms with Gasteiger partial charge >= 0.3 is 12.0 Å². The minimum Gasteiger partial charge on any atom is -0.481 e. The third-order valence-corrected chi connectivity index (χ3v) is 4.80. The Morgan fingerprint density at radius 1 is 1.40 bits per heavy atom. The molecule has 3 N–H and O–H groups in total. The Balaban J connectivity index is 1.84. The van der Waals surface area contributed by atoms with Crippen molar-refractivity contribution in [2.45, 2.75) is 39.5 Å². The molecule has 2 amide bonds. The number of aromatic nitrogens is 1. The number of carbonyl (C=O) groups excluding carboxylic acids is 1. The largest absolute Gasteiger partial charge is 0.481 e. The van der Waals surface area contributed by atoms with Gasteiger partial charge < -0.3 is 10.4 Å². The average molecular weight is 297 g/mol. The standard InChI is InChI=1S/C13H19N3O3S/c1-8-9(2)20-12(15-8)16-11(19)14-7-13(4-3-5-13)6-10(17)18/h3-7H2,1-2H3,(H,17,18)(H2,14,15,16,19). The number of amides is 2. The fourth-order valence-corrected chi connectivity index (χ4v) is 3.16. The van der Waals surface area contributed by atoms with Crippen molar-refractivity contribution in [1.29, 1.82) is 0 Å². The van der Waals surface area contributed by atoms with Crippen molar-refractivity contribution in [1.82, 2.24) is 10.3 Å². The second kappa shape index (κ2) is 5.78. The lowest BCUT2D eigenvalue weighted by atomic mass is 9.66. The number of aliphatic carboxylic acids is 1. The van der Waals surface area contributed by atoms with Gasteiger partial charge in [0.1, 0.15) is 0 Å². The summed E-state index contributed by atoms with van der Waals surface area (Å²) in [5, 5.41) is 14.9. The highest BCUT2D eigenvalue weighted by Gasteiger charge is 2.39. The van der Waals surface area contributed by atoms with Crippen LogP contribution in [0.25, 0.3) is 0 Å². The predicted molar refractivity (Wildman–Crippen MR) is 77.1 cm³/mol. The highest BCUT2D eigenvalue weighted by molar-refractivity contribution is 7.15. The lowest BCUT2D eigenvalue weighted by Gasteiger charge is -2.40. The summed E-state index contributed by atoms with van der Waals surface area (Å²) in [4.78, 5) is 28.0. The van der Waals surface area contributed by atoms with Crippen molar-refractivity contribution in [2.24, 2.45) is 5.41 Å². The quantitative estimate of drug-likeness (QED) is 0.778. The number of urea groups is 1. The molecule has 0 unspecified atom stereocenters. The summed E-state index contributed by atoms with van der Waals surface area (Å²) in [6.45, 7) is 4.24. The first-order valence-electron chi connectivity index (χ1n) is 6.61. The molecule has 1 aliphatic rings. The number of carboxylic acids is 1. The van der Waals surface area contributed by atoms with Gasteiger partial charge in [-0.15, -0.1) is 11.3 Å². The molecule has 1 fully saturated rings. The van der Waals surface area contributed by atoms with Crippen LogP contribution in [0.3, 0.4) is 0 Å². The third kappa shape index (κ3) is 3.47. The van der Waals surface area contributed by atoms with Crippen LogP contribution in [-0.2, 0) is 4.79 Å². The Labute approximate surface area is 121 Å². The zero-order valence-electron chi connectivity index (χ0n) is 11.7. The lowest BCUT2D eigenvalue weighted by molar-refractivity contribution is -0.141. The van der Waals surface area contributed by atoms with Crippen molar-refractivity contribution in [2.75, 3.05) is 11.9 Å². The normalized spacial score (nSPS) is 16.3. The van der Waals surface area contributed by atoms with Gasteiger partial charge in [-0.05, 0) is 32.1 Å². The van der Waals surface area contributed by atoms with Crippen LogP contribution in [0, 0.1) is 19.3 Å². The molecule has 0 bridgehead atoms. The van der Waals surface area contributed by atoms with Crippen LogP contribution < -0.4 is 10.6 Å². The van der Waals surface area contributed by atoms with Crippen molar-refractivity contribution in [3.63, 3.8) is 0 Å². The molecule has 0 spiro atoms. The maximum absolute atomic E-state index is 11.8. The third-order valence-electron chi connectivity index (χ3n) is 3.81. The van der Waals surface area contributed by atoms with Crippen LogP contribution in [0.2, 0.25) is 0 Å². The van der Waals surface area contributed by atoms with E-state index in [9.17, 15) is 9.59 Å². The van der Waals surface area contributed by atoms with E-state index in [-0.39, 0.29) is 17.9 Å². The number of hydrogen-bond donors (Lipinski definition) is 3. The van der Waals surface area contributed by atoms with E-state index in [1.165, 1.54) is 11.3 Å². The molecule has 1 saturated carbocycles. The van der Waals surface area contributed by atoms with Crippen LogP contribution >= 0.6 is 11.3 Å². The molecule has 0 radical (unpaired) electrons. The van der Waals surface area contributed by atoms with Crippen LogP contribution in [0.1, 0.15) is 36.3 Å². The number of aryl methyl sites for hydroxylation is 2. The van der Waals surface area contributed by atoms with Crippen molar-refractivity contribution >= 4 is 28.5 Å². The number of carboxylic acid groups (broad SMARTS) is 1. The van der Waals surface area contributed by atoms with Crippen molar-refractivity contribution in [3.8, 4) is 0 Å². The van der Waals surface area contributed by atoms with Crippen LogP contribution in [0.15, 0.2) is 0 Å². The first kappa shape index (κ1) is 14.8. The summed E-state index contributed by atoms with van der Waals surface area (Å²) in [6.07, 6.45) is 2.86. The minimum atomic E-state index is -0.807. The maximum Gasteiger partial charge on any atom is 0.321 e. The Morgan fingerprint density at radius 2 is 2.10 bits per heavy atom. The van der Waals surface area contributed by atoms with Gasteiger partial charge in [0.05, 0.1) is 12.1 Å². The zero-order chi connectivity index (χ0) is 14.8. The van der Waals surface area contributed by atoms with Gasteiger partial charge in [-0.25, -0.2) is 9.78 Å². The molecular formula is C13H19N3O3S. The number of hydrogen-bond acceptors (Lipinski definition) is 4. The molecule has 0 saturated heterocycles. The topological polar surface area (TPSA) is 91.3 Å². The number of carbonyl (C=O) groups is 2. The van der Waals surface area contributed by atoms with Gasteiger partial charge in [-0.2, -0.15) is 0 Å². The van der Waals surface area contributed by atoms with Gasteiger partial charge in [0.15, 0.2) is 5.13 Å². The highest BCUT2D eigenvalue weighted by atomic mass is 32.1. The van der Waals surface area contributed by atoms with E-state index in [1.54, 1.807) is 0 Å². The van der Waals surface area contributed by atoms with E-state index in [2.05, 4.69) is 15.6 Å². The molecular weight excluding hydrogens is 278 g/mol. The Kier molecular flexibility index (Phi) is 4.27. The van der Waals surface area contributed by atoms with Crippen molar-refractivity contribution in [3.05, 3.63) is 10.6 Å². The average Bonchev–Trinajstić information content (AvgIpc) is 2.61. The van der Waals surface area contributed by atoms with Crippen LogP contribution in [-0.4, -0.2) is 28.6 Å². The fraction of sp³-hybridized carbons (Fsp3) is 0.615. The van der Waals surface area contributed by atoms with E-state index in [4.69, 9.17) is 5.11 Å². The summed E-state index contributed by atoms with van der Waals surface area (Å²) in [5.74, 6) is -0.807. The minimum absolute atomic E-state index is 0.114. The van der Waals surface area contributed by atoms with Gasteiger partial charge in [0, 0.05) is 11.4 Å². The molecule has 1 heterocycles. The Morgan fingerprint density at radius 3 is 2.55 bits per heavy atom. The Bertz CT molecular complexity index is 503. The molecule has 2 rings (SSSR count). The molecule has 6 nitrogen and oxygen atoms in total. The molecule has 110 valence electrons. The molecule has 7 heteroatoms. The van der Waals surface area contributed by atoms with E-state index in [0.717, 1.165) is 29.8 Å². The van der Waals surface area contributed by atoms with Crippen molar-refractivity contribution < 1.29 is 14.7 Å². The van der Waals surface area contributed by atoms with Gasteiger partial charge in [0.2, 0.25) is 0 Å². The SMILES string of the molecule is Cc1nc(NC(=O)NCC2(CC(=O)O)CCC2)sc1C. The Hall–Kier alpha value is -1.63. The lowest BCUT2D eigenvalue weighted by Crippen LogP contribution is -2.44. The molecule has 1 aromatic rings. The van der Waals surface area contributed by atoms with E-state index in [1.807, 2.05) is 13.8 Å². The summed E-state index contributed by atoms with van der Waals surface area (Å²) in [6, 6.07) is -0.324.